The summed E-state index contributed by atoms with van der Waals surface area (Å²) in [4.78, 5) is 23.4. The van der Waals surface area contributed by atoms with Gasteiger partial charge in [0.05, 0.1) is 5.60 Å². The van der Waals surface area contributed by atoms with Crippen LogP contribution in [0, 0.1) is 17.3 Å². The van der Waals surface area contributed by atoms with Crippen LogP contribution in [0.2, 0.25) is 0 Å². The molecule has 0 aliphatic heterocycles. The lowest BCUT2D eigenvalue weighted by Crippen LogP contribution is -2.57. The monoisotopic (exact) mass is 210 g/mol. The molecular formula is C12H18O3. The molecule has 84 valence electrons. The highest BCUT2D eigenvalue weighted by Crippen LogP contribution is 2.53. The van der Waals surface area contributed by atoms with Gasteiger partial charge in [0, 0.05) is 24.2 Å². The van der Waals surface area contributed by atoms with Gasteiger partial charge in [0.2, 0.25) is 0 Å². The van der Waals surface area contributed by atoms with Crippen LogP contribution < -0.4 is 0 Å². The van der Waals surface area contributed by atoms with Crippen molar-refractivity contribution < 1.29 is 14.7 Å². The number of aliphatic hydroxyl groups is 1. The van der Waals surface area contributed by atoms with Crippen LogP contribution in [-0.2, 0) is 9.59 Å². The van der Waals surface area contributed by atoms with Crippen molar-refractivity contribution >= 4 is 11.6 Å². The highest BCUT2D eigenvalue weighted by atomic mass is 16.3. The SMILES string of the molecule is CC(C)(O)[C@@H]1CC(=O)[C@@]2(C)CC(=O)[C@H]2C1. The molecule has 0 heterocycles. The second kappa shape index (κ2) is 2.91. The highest BCUT2D eigenvalue weighted by Gasteiger charge is 2.59. The molecule has 0 bridgehead atoms. The quantitative estimate of drug-likeness (QED) is 0.710. The van der Waals surface area contributed by atoms with E-state index in [-0.39, 0.29) is 23.4 Å². The number of carbonyl (C=O) groups is 2. The summed E-state index contributed by atoms with van der Waals surface area (Å²) in [7, 11) is 0. The molecule has 2 fully saturated rings. The summed E-state index contributed by atoms with van der Waals surface area (Å²) in [6, 6.07) is 0. The average molecular weight is 210 g/mol. The number of fused-ring (bicyclic) bond motifs is 1. The molecule has 0 aromatic carbocycles. The van der Waals surface area contributed by atoms with Gasteiger partial charge in [0.1, 0.15) is 11.6 Å². The molecule has 1 N–H and O–H groups in total. The van der Waals surface area contributed by atoms with Gasteiger partial charge in [-0.1, -0.05) is 6.92 Å². The third kappa shape index (κ3) is 1.44. The maximum absolute atomic E-state index is 11.9. The second-order valence-electron chi connectivity index (χ2n) is 5.83. The molecule has 0 spiro atoms. The van der Waals surface area contributed by atoms with Crippen molar-refractivity contribution in [2.45, 2.75) is 45.6 Å². The largest absolute Gasteiger partial charge is 0.390 e. The summed E-state index contributed by atoms with van der Waals surface area (Å²) in [5.74, 6) is 0.160. The average Bonchev–Trinajstić information content (AvgIpc) is 2.07. The first-order valence-corrected chi connectivity index (χ1v) is 5.53. The molecule has 0 amide bonds. The molecular weight excluding hydrogens is 192 g/mol. The smallest absolute Gasteiger partial charge is 0.140 e. The minimum atomic E-state index is -0.854. The molecule has 3 atom stereocenters. The minimum Gasteiger partial charge on any atom is -0.390 e. The first kappa shape index (κ1) is 10.8. The Bertz CT molecular complexity index is 326. The Kier molecular flexibility index (Phi) is 2.10. The van der Waals surface area contributed by atoms with Gasteiger partial charge in [-0.15, -0.1) is 0 Å². The van der Waals surface area contributed by atoms with E-state index in [2.05, 4.69) is 0 Å². The van der Waals surface area contributed by atoms with Crippen molar-refractivity contribution in [2.24, 2.45) is 17.3 Å². The fourth-order valence-electron chi connectivity index (χ4n) is 2.88. The van der Waals surface area contributed by atoms with Crippen molar-refractivity contribution in [3.8, 4) is 0 Å². The Balaban J connectivity index is 2.21. The van der Waals surface area contributed by atoms with Gasteiger partial charge >= 0.3 is 0 Å². The zero-order valence-corrected chi connectivity index (χ0v) is 9.54. The standard InChI is InChI=1S/C12H18O3/c1-11(2,15)7-4-8-9(13)6-12(8,3)10(14)5-7/h7-8,15H,4-6H2,1-3H3/t7-,8+,12-/m0/s1. The minimum absolute atomic E-state index is 0.0627. The molecule has 2 aliphatic carbocycles. The van der Waals surface area contributed by atoms with E-state index in [1.165, 1.54) is 0 Å². The fraction of sp³-hybridized carbons (Fsp3) is 0.833. The van der Waals surface area contributed by atoms with E-state index < -0.39 is 11.0 Å². The van der Waals surface area contributed by atoms with E-state index in [9.17, 15) is 14.7 Å². The molecule has 0 radical (unpaired) electrons. The van der Waals surface area contributed by atoms with Gasteiger partial charge in [-0.2, -0.15) is 0 Å². The second-order valence-corrected chi connectivity index (χ2v) is 5.83. The molecule has 0 saturated heterocycles. The zero-order chi connectivity index (χ0) is 11.4. The zero-order valence-electron chi connectivity index (χ0n) is 9.54. The fourth-order valence-corrected chi connectivity index (χ4v) is 2.88. The van der Waals surface area contributed by atoms with Crippen LogP contribution in [0.15, 0.2) is 0 Å². The van der Waals surface area contributed by atoms with Crippen LogP contribution in [-0.4, -0.2) is 22.3 Å². The van der Waals surface area contributed by atoms with E-state index in [1.807, 2.05) is 6.92 Å². The molecule has 15 heavy (non-hydrogen) atoms. The van der Waals surface area contributed by atoms with Gasteiger partial charge in [-0.3, -0.25) is 9.59 Å². The Morgan fingerprint density at radius 2 is 2.00 bits per heavy atom. The first-order valence-electron chi connectivity index (χ1n) is 5.53. The number of Topliss-reactive ketones (excluding diaryl/α,β-unsaturated/α-hetero) is 2. The topological polar surface area (TPSA) is 54.4 Å². The lowest BCUT2D eigenvalue weighted by Gasteiger charge is -2.51. The summed E-state index contributed by atoms with van der Waals surface area (Å²) in [6.07, 6.45) is 1.50. The Hall–Kier alpha value is -0.700. The number of rotatable bonds is 1. The molecule has 0 unspecified atom stereocenters. The van der Waals surface area contributed by atoms with Crippen LogP contribution in [0.5, 0.6) is 0 Å². The summed E-state index contributed by atoms with van der Waals surface area (Å²) in [5, 5.41) is 9.90. The molecule has 0 aromatic rings. The predicted octanol–water partition coefficient (Wildman–Crippen LogP) is 1.33. The summed E-state index contributed by atoms with van der Waals surface area (Å²) in [6.45, 7) is 5.33. The molecule has 2 aliphatic rings. The van der Waals surface area contributed by atoms with Gasteiger partial charge in [0.15, 0.2) is 0 Å². The molecule has 2 saturated carbocycles. The van der Waals surface area contributed by atoms with Crippen molar-refractivity contribution in [1.82, 2.24) is 0 Å². The van der Waals surface area contributed by atoms with Crippen LogP contribution in [0.25, 0.3) is 0 Å². The van der Waals surface area contributed by atoms with Crippen molar-refractivity contribution in [1.29, 1.82) is 0 Å². The van der Waals surface area contributed by atoms with E-state index in [4.69, 9.17) is 0 Å². The highest BCUT2D eigenvalue weighted by molar-refractivity contribution is 6.03. The van der Waals surface area contributed by atoms with E-state index >= 15 is 0 Å². The summed E-state index contributed by atoms with van der Waals surface area (Å²) in [5.41, 5.74) is -1.26. The Morgan fingerprint density at radius 1 is 1.40 bits per heavy atom. The number of ketones is 2. The van der Waals surface area contributed by atoms with Crippen molar-refractivity contribution in [3.05, 3.63) is 0 Å². The maximum atomic E-state index is 11.9. The van der Waals surface area contributed by atoms with E-state index in [0.29, 0.717) is 19.3 Å². The maximum Gasteiger partial charge on any atom is 0.140 e. The van der Waals surface area contributed by atoms with E-state index in [0.717, 1.165) is 0 Å². The van der Waals surface area contributed by atoms with Gasteiger partial charge < -0.3 is 5.11 Å². The summed E-state index contributed by atoms with van der Waals surface area (Å²) >= 11 is 0. The first-order chi connectivity index (χ1) is 6.75. The lowest BCUT2D eigenvalue weighted by molar-refractivity contribution is -0.164. The third-order valence-electron chi connectivity index (χ3n) is 4.29. The normalized spacial score (nSPS) is 41.1. The van der Waals surface area contributed by atoms with Crippen LogP contribution in [0.3, 0.4) is 0 Å². The van der Waals surface area contributed by atoms with Crippen LogP contribution in [0.4, 0.5) is 0 Å². The Morgan fingerprint density at radius 3 is 2.47 bits per heavy atom. The van der Waals surface area contributed by atoms with Gasteiger partial charge in [-0.25, -0.2) is 0 Å². The predicted molar refractivity (Wildman–Crippen MR) is 55.2 cm³/mol. The summed E-state index contributed by atoms with van der Waals surface area (Å²) < 4.78 is 0. The van der Waals surface area contributed by atoms with Crippen molar-refractivity contribution in [3.63, 3.8) is 0 Å². The molecule has 3 heteroatoms. The third-order valence-corrected chi connectivity index (χ3v) is 4.29. The van der Waals surface area contributed by atoms with Crippen molar-refractivity contribution in [2.75, 3.05) is 0 Å². The molecule has 2 rings (SSSR count). The number of hydrogen-bond donors (Lipinski definition) is 1. The number of carbonyl (C=O) groups excluding carboxylic acids is 2. The number of hydrogen-bond acceptors (Lipinski definition) is 3. The van der Waals surface area contributed by atoms with Crippen LogP contribution in [0.1, 0.15) is 40.0 Å². The molecule has 3 nitrogen and oxygen atoms in total. The van der Waals surface area contributed by atoms with Gasteiger partial charge in [-0.05, 0) is 26.2 Å². The molecule has 0 aromatic heterocycles. The van der Waals surface area contributed by atoms with Gasteiger partial charge in [0.25, 0.3) is 0 Å². The van der Waals surface area contributed by atoms with E-state index in [1.54, 1.807) is 13.8 Å². The lowest BCUT2D eigenvalue weighted by atomic mass is 9.50. The van der Waals surface area contributed by atoms with Crippen LogP contribution >= 0.6 is 0 Å². The Labute approximate surface area is 89.9 Å².